The van der Waals surface area contributed by atoms with E-state index >= 15 is 0 Å². The summed E-state index contributed by atoms with van der Waals surface area (Å²) in [6.07, 6.45) is 1.78. The normalized spacial score (nSPS) is 10.9. The molecular formula is C21H17ClN4S. The third kappa shape index (κ3) is 3.75. The van der Waals surface area contributed by atoms with E-state index in [0.29, 0.717) is 5.02 Å². The van der Waals surface area contributed by atoms with Crippen molar-refractivity contribution in [1.82, 2.24) is 19.7 Å². The summed E-state index contributed by atoms with van der Waals surface area (Å²) in [6, 6.07) is 19.8. The molecule has 0 radical (unpaired) electrons. The van der Waals surface area contributed by atoms with Gasteiger partial charge < -0.3 is 0 Å². The van der Waals surface area contributed by atoms with Gasteiger partial charge in [0.2, 0.25) is 5.16 Å². The molecule has 0 bridgehead atoms. The zero-order chi connectivity index (χ0) is 18.8. The maximum absolute atomic E-state index is 6.05. The summed E-state index contributed by atoms with van der Waals surface area (Å²) >= 11 is 7.54. The van der Waals surface area contributed by atoms with Gasteiger partial charge in [-0.25, -0.2) is 4.98 Å². The Bertz CT molecular complexity index is 1080. The van der Waals surface area contributed by atoms with Crippen LogP contribution in [-0.4, -0.2) is 19.7 Å². The predicted octanol–water partition coefficient (Wildman–Crippen LogP) is 5.75. The topological polar surface area (TPSA) is 43.6 Å². The molecule has 0 aliphatic rings. The fraction of sp³-hybridized carbons (Fsp3) is 0.0952. The van der Waals surface area contributed by atoms with Gasteiger partial charge in [0.15, 0.2) is 5.82 Å². The molecule has 0 N–H and O–H groups in total. The molecule has 0 aliphatic carbocycles. The van der Waals surface area contributed by atoms with Crippen LogP contribution in [0.3, 0.4) is 0 Å². The maximum atomic E-state index is 6.05. The van der Waals surface area contributed by atoms with E-state index in [1.165, 1.54) is 22.9 Å². The van der Waals surface area contributed by atoms with Gasteiger partial charge in [-0.2, -0.15) is 0 Å². The van der Waals surface area contributed by atoms with Crippen LogP contribution in [0.15, 0.2) is 77.0 Å². The highest BCUT2D eigenvalue weighted by Gasteiger charge is 2.17. The first-order chi connectivity index (χ1) is 13.1. The quantitative estimate of drug-likeness (QED) is 0.443. The van der Waals surface area contributed by atoms with Crippen LogP contribution in [0.2, 0.25) is 5.02 Å². The van der Waals surface area contributed by atoms with Gasteiger partial charge in [-0.3, -0.25) is 4.57 Å². The van der Waals surface area contributed by atoms with Crippen LogP contribution in [0.1, 0.15) is 11.1 Å². The molecule has 4 nitrogen and oxygen atoms in total. The van der Waals surface area contributed by atoms with Crippen LogP contribution < -0.4 is 0 Å². The molecule has 6 heteroatoms. The highest BCUT2D eigenvalue weighted by atomic mass is 35.5. The first-order valence-corrected chi connectivity index (χ1v) is 9.69. The summed E-state index contributed by atoms with van der Waals surface area (Å²) in [7, 11) is 0. The molecule has 2 heterocycles. The van der Waals surface area contributed by atoms with Crippen molar-refractivity contribution in [2.24, 2.45) is 0 Å². The second-order valence-electron chi connectivity index (χ2n) is 6.19. The number of aryl methyl sites for hydroxylation is 2. The third-order valence-corrected chi connectivity index (χ3v) is 5.47. The molecule has 27 heavy (non-hydrogen) atoms. The van der Waals surface area contributed by atoms with E-state index in [4.69, 9.17) is 11.6 Å². The van der Waals surface area contributed by atoms with E-state index < -0.39 is 0 Å². The van der Waals surface area contributed by atoms with Gasteiger partial charge in [0.05, 0.1) is 5.69 Å². The highest BCUT2D eigenvalue weighted by molar-refractivity contribution is 7.99. The smallest absolute Gasteiger partial charge is 0.202 e. The minimum Gasteiger partial charge on any atom is -0.270 e. The van der Waals surface area contributed by atoms with E-state index in [2.05, 4.69) is 51.8 Å². The lowest BCUT2D eigenvalue weighted by Crippen LogP contribution is -2.00. The number of aromatic nitrogens is 4. The lowest BCUT2D eigenvalue weighted by atomic mass is 10.1. The van der Waals surface area contributed by atoms with Gasteiger partial charge in [0.25, 0.3) is 0 Å². The zero-order valence-electron chi connectivity index (χ0n) is 14.9. The Labute approximate surface area is 167 Å². The minimum atomic E-state index is 0.694. The van der Waals surface area contributed by atoms with Crippen LogP contribution in [0.25, 0.3) is 17.1 Å². The Balaban J connectivity index is 1.86. The first kappa shape index (κ1) is 17.8. The van der Waals surface area contributed by atoms with Gasteiger partial charge in [-0.1, -0.05) is 23.7 Å². The summed E-state index contributed by atoms with van der Waals surface area (Å²) in [4.78, 5) is 4.40. The van der Waals surface area contributed by atoms with Crippen LogP contribution in [-0.2, 0) is 0 Å². The molecule has 0 spiro atoms. The average molecular weight is 393 g/mol. The molecule has 0 saturated carbocycles. The number of nitrogens with zero attached hydrogens (tertiary/aromatic N) is 4. The van der Waals surface area contributed by atoms with Crippen molar-refractivity contribution >= 4 is 23.4 Å². The Hall–Kier alpha value is -2.63. The van der Waals surface area contributed by atoms with E-state index in [1.54, 1.807) is 6.20 Å². The summed E-state index contributed by atoms with van der Waals surface area (Å²) in [5, 5.41) is 11.2. The molecule has 2 aromatic carbocycles. The summed E-state index contributed by atoms with van der Waals surface area (Å²) in [5.41, 5.74) is 4.44. The first-order valence-electron chi connectivity index (χ1n) is 8.50. The standard InChI is InChI=1S/C21H17ClN4S/c1-14-6-11-18(13-15(14)2)26-20(16-7-9-17(22)10-8-16)24-25-21(26)27-19-5-3-4-12-23-19/h3-13H,1-2H3. The number of rotatable bonds is 4. The second kappa shape index (κ2) is 7.55. The van der Waals surface area contributed by atoms with Crippen LogP contribution in [0, 0.1) is 13.8 Å². The number of benzene rings is 2. The molecule has 0 saturated heterocycles. The van der Waals surface area contributed by atoms with Crippen molar-refractivity contribution in [3.05, 3.63) is 83.0 Å². The molecule has 0 aliphatic heterocycles. The Morgan fingerprint density at radius 3 is 2.41 bits per heavy atom. The monoisotopic (exact) mass is 392 g/mol. The van der Waals surface area contributed by atoms with Crippen molar-refractivity contribution in [1.29, 1.82) is 0 Å². The molecule has 0 atom stereocenters. The molecular weight excluding hydrogens is 376 g/mol. The number of hydrogen-bond acceptors (Lipinski definition) is 4. The Morgan fingerprint density at radius 2 is 1.70 bits per heavy atom. The molecule has 0 unspecified atom stereocenters. The number of pyridine rings is 1. The van der Waals surface area contributed by atoms with Gasteiger partial charge in [0.1, 0.15) is 5.03 Å². The maximum Gasteiger partial charge on any atom is 0.202 e. The van der Waals surface area contributed by atoms with Crippen molar-refractivity contribution in [3.8, 4) is 17.1 Å². The largest absolute Gasteiger partial charge is 0.270 e. The number of hydrogen-bond donors (Lipinski definition) is 0. The summed E-state index contributed by atoms with van der Waals surface area (Å²) < 4.78 is 2.06. The SMILES string of the molecule is Cc1ccc(-n2c(Sc3ccccn3)nnc2-c2ccc(Cl)cc2)cc1C. The Kier molecular flexibility index (Phi) is 4.97. The van der Waals surface area contributed by atoms with Crippen LogP contribution in [0.5, 0.6) is 0 Å². The molecule has 4 aromatic rings. The van der Waals surface area contributed by atoms with Crippen molar-refractivity contribution < 1.29 is 0 Å². The van der Waals surface area contributed by atoms with Gasteiger partial charge in [-0.05, 0) is 85.3 Å². The summed E-state index contributed by atoms with van der Waals surface area (Å²) in [5.74, 6) is 0.772. The van der Waals surface area contributed by atoms with Crippen LogP contribution in [0.4, 0.5) is 0 Å². The van der Waals surface area contributed by atoms with Gasteiger partial charge >= 0.3 is 0 Å². The third-order valence-electron chi connectivity index (χ3n) is 4.32. The fourth-order valence-electron chi connectivity index (χ4n) is 2.72. The van der Waals surface area contributed by atoms with Crippen molar-refractivity contribution in [3.63, 3.8) is 0 Å². The van der Waals surface area contributed by atoms with E-state index in [1.807, 2.05) is 42.5 Å². The highest BCUT2D eigenvalue weighted by Crippen LogP contribution is 2.32. The molecule has 0 amide bonds. The van der Waals surface area contributed by atoms with Crippen LogP contribution >= 0.6 is 23.4 Å². The van der Waals surface area contributed by atoms with E-state index in [0.717, 1.165) is 27.3 Å². The fourth-order valence-corrected chi connectivity index (χ4v) is 3.66. The molecule has 134 valence electrons. The van der Waals surface area contributed by atoms with Gasteiger partial charge in [-0.15, -0.1) is 10.2 Å². The van der Waals surface area contributed by atoms with E-state index in [9.17, 15) is 0 Å². The lowest BCUT2D eigenvalue weighted by molar-refractivity contribution is 0.881. The van der Waals surface area contributed by atoms with Crippen molar-refractivity contribution in [2.45, 2.75) is 24.0 Å². The second-order valence-corrected chi connectivity index (χ2v) is 7.61. The lowest BCUT2D eigenvalue weighted by Gasteiger charge is -2.12. The Morgan fingerprint density at radius 1 is 0.889 bits per heavy atom. The van der Waals surface area contributed by atoms with E-state index in [-0.39, 0.29) is 0 Å². The number of halogens is 1. The predicted molar refractivity (Wildman–Crippen MR) is 110 cm³/mol. The summed E-state index contributed by atoms with van der Waals surface area (Å²) in [6.45, 7) is 4.21. The molecule has 0 fully saturated rings. The molecule has 2 aromatic heterocycles. The van der Waals surface area contributed by atoms with Gasteiger partial charge in [0, 0.05) is 16.8 Å². The minimum absolute atomic E-state index is 0.694. The molecule has 4 rings (SSSR count). The average Bonchev–Trinajstić information content (AvgIpc) is 3.09. The zero-order valence-corrected chi connectivity index (χ0v) is 16.5. The van der Waals surface area contributed by atoms with Crippen molar-refractivity contribution in [2.75, 3.05) is 0 Å².